The van der Waals surface area contributed by atoms with E-state index in [9.17, 15) is 14.3 Å². The Kier molecular flexibility index (Phi) is 5.54. The zero-order valence-corrected chi connectivity index (χ0v) is 12.9. The largest absolute Gasteiger partial charge is 0.497 e. The van der Waals surface area contributed by atoms with E-state index >= 15 is 0 Å². The van der Waals surface area contributed by atoms with Gasteiger partial charge >= 0.3 is 0 Å². The predicted molar refractivity (Wildman–Crippen MR) is 83.2 cm³/mol. The van der Waals surface area contributed by atoms with Crippen LogP contribution in [0.15, 0.2) is 42.5 Å². The van der Waals surface area contributed by atoms with Crippen molar-refractivity contribution in [3.05, 3.63) is 59.4 Å². The summed E-state index contributed by atoms with van der Waals surface area (Å²) < 4.78 is 23.4. The molecule has 0 heterocycles. The summed E-state index contributed by atoms with van der Waals surface area (Å²) in [4.78, 5) is 12.3. The third-order valence-electron chi connectivity index (χ3n) is 3.34. The van der Waals surface area contributed by atoms with Crippen LogP contribution in [0.25, 0.3) is 0 Å². The van der Waals surface area contributed by atoms with Gasteiger partial charge in [-0.15, -0.1) is 0 Å². The van der Waals surface area contributed by atoms with Crippen LogP contribution in [-0.2, 0) is 0 Å². The lowest BCUT2D eigenvalue weighted by Gasteiger charge is -2.14. The minimum Gasteiger partial charge on any atom is -0.497 e. The van der Waals surface area contributed by atoms with E-state index in [4.69, 9.17) is 9.47 Å². The number of aliphatic hydroxyl groups excluding tert-OH is 1. The zero-order chi connectivity index (χ0) is 16.8. The molecular weight excluding hydrogens is 301 g/mol. The van der Waals surface area contributed by atoms with Crippen LogP contribution in [0.5, 0.6) is 11.5 Å². The zero-order valence-electron chi connectivity index (χ0n) is 12.9. The van der Waals surface area contributed by atoms with E-state index in [-0.39, 0.29) is 6.54 Å². The summed E-state index contributed by atoms with van der Waals surface area (Å²) in [6, 6.07) is 10.4. The first-order chi connectivity index (χ1) is 11.0. The third-order valence-corrected chi connectivity index (χ3v) is 3.34. The summed E-state index contributed by atoms with van der Waals surface area (Å²) >= 11 is 0. The molecule has 0 fully saturated rings. The van der Waals surface area contributed by atoms with E-state index in [1.165, 1.54) is 32.4 Å². The average molecular weight is 319 g/mol. The molecule has 122 valence electrons. The second-order valence-electron chi connectivity index (χ2n) is 4.85. The molecule has 0 aliphatic carbocycles. The highest BCUT2D eigenvalue weighted by Crippen LogP contribution is 2.24. The maximum Gasteiger partial charge on any atom is 0.255 e. The van der Waals surface area contributed by atoms with E-state index in [1.807, 2.05) is 0 Å². The summed E-state index contributed by atoms with van der Waals surface area (Å²) in [6.45, 7) is -0.0529. The number of nitrogens with one attached hydrogen (secondary N) is 1. The molecule has 0 saturated heterocycles. The molecule has 2 rings (SSSR count). The lowest BCUT2D eigenvalue weighted by Crippen LogP contribution is -2.28. The molecule has 0 radical (unpaired) electrons. The van der Waals surface area contributed by atoms with Crippen molar-refractivity contribution < 1.29 is 23.8 Å². The number of carbonyl (C=O) groups excluding carboxylic acids is 1. The number of aliphatic hydroxyl groups is 1. The fraction of sp³-hybridized carbons (Fsp3) is 0.235. The van der Waals surface area contributed by atoms with Crippen LogP contribution in [0.2, 0.25) is 0 Å². The minimum absolute atomic E-state index is 0.0529. The molecule has 2 N–H and O–H groups in total. The highest BCUT2D eigenvalue weighted by molar-refractivity contribution is 5.97. The molecule has 1 atom stereocenters. The van der Waals surface area contributed by atoms with Crippen molar-refractivity contribution in [3.63, 3.8) is 0 Å². The Labute approximate surface area is 133 Å². The van der Waals surface area contributed by atoms with Crippen LogP contribution in [-0.4, -0.2) is 31.8 Å². The topological polar surface area (TPSA) is 67.8 Å². The van der Waals surface area contributed by atoms with Gasteiger partial charge in [-0.25, -0.2) is 4.39 Å². The molecule has 0 aromatic heterocycles. The third kappa shape index (κ3) is 4.20. The number of rotatable bonds is 6. The number of benzene rings is 2. The second kappa shape index (κ2) is 7.60. The van der Waals surface area contributed by atoms with Crippen molar-refractivity contribution in [1.29, 1.82) is 0 Å². The molecule has 0 bridgehead atoms. The van der Waals surface area contributed by atoms with Gasteiger partial charge in [-0.05, 0) is 35.9 Å². The van der Waals surface area contributed by atoms with E-state index in [2.05, 4.69) is 5.32 Å². The van der Waals surface area contributed by atoms with Gasteiger partial charge in [-0.3, -0.25) is 4.79 Å². The fourth-order valence-corrected chi connectivity index (χ4v) is 2.11. The Hall–Kier alpha value is -2.60. The molecule has 0 saturated carbocycles. The molecule has 0 aliphatic heterocycles. The quantitative estimate of drug-likeness (QED) is 0.857. The van der Waals surface area contributed by atoms with Crippen LogP contribution in [0.3, 0.4) is 0 Å². The Morgan fingerprint density at radius 2 is 2.00 bits per heavy atom. The standard InChI is InChI=1S/C17H18FNO4/c1-22-13-6-7-16(23-2)14(9-13)17(21)19-10-15(20)11-4-3-5-12(18)8-11/h3-9,15,20H,10H2,1-2H3,(H,19,21). The van der Waals surface area contributed by atoms with Crippen LogP contribution < -0.4 is 14.8 Å². The van der Waals surface area contributed by atoms with Crippen LogP contribution in [0.1, 0.15) is 22.0 Å². The number of halogens is 1. The first-order valence-corrected chi connectivity index (χ1v) is 6.99. The van der Waals surface area contributed by atoms with Gasteiger partial charge in [-0.2, -0.15) is 0 Å². The SMILES string of the molecule is COc1ccc(OC)c(C(=O)NCC(O)c2cccc(F)c2)c1. The average Bonchev–Trinajstić information content (AvgIpc) is 2.58. The first-order valence-electron chi connectivity index (χ1n) is 6.99. The molecule has 2 aromatic carbocycles. The smallest absolute Gasteiger partial charge is 0.255 e. The lowest BCUT2D eigenvalue weighted by atomic mass is 10.1. The number of hydrogen-bond acceptors (Lipinski definition) is 4. The van der Waals surface area contributed by atoms with Crippen molar-refractivity contribution in [2.45, 2.75) is 6.10 Å². The van der Waals surface area contributed by atoms with Crippen molar-refractivity contribution in [1.82, 2.24) is 5.32 Å². The summed E-state index contributed by atoms with van der Waals surface area (Å²) in [5.74, 6) is 0.0451. The monoisotopic (exact) mass is 319 g/mol. The summed E-state index contributed by atoms with van der Waals surface area (Å²) in [6.07, 6.45) is -1.01. The van der Waals surface area contributed by atoms with Gasteiger partial charge in [0.05, 0.1) is 25.9 Å². The summed E-state index contributed by atoms with van der Waals surface area (Å²) in [5, 5.41) is 12.6. The lowest BCUT2D eigenvalue weighted by molar-refractivity contribution is 0.0913. The Balaban J connectivity index is 2.07. The van der Waals surface area contributed by atoms with Gasteiger partial charge in [0, 0.05) is 6.54 Å². The van der Waals surface area contributed by atoms with Crippen LogP contribution >= 0.6 is 0 Å². The van der Waals surface area contributed by atoms with Gasteiger partial charge in [0.25, 0.3) is 5.91 Å². The minimum atomic E-state index is -1.01. The van der Waals surface area contributed by atoms with Crippen molar-refractivity contribution >= 4 is 5.91 Å². The molecule has 0 spiro atoms. The molecule has 6 heteroatoms. The predicted octanol–water partition coefficient (Wildman–Crippen LogP) is 2.31. The maximum absolute atomic E-state index is 13.1. The normalized spacial score (nSPS) is 11.7. The first kappa shape index (κ1) is 16.8. The molecule has 1 amide bonds. The highest BCUT2D eigenvalue weighted by Gasteiger charge is 2.16. The van der Waals surface area contributed by atoms with Gasteiger partial charge in [-0.1, -0.05) is 12.1 Å². The molecule has 1 unspecified atom stereocenters. The number of methoxy groups -OCH3 is 2. The highest BCUT2D eigenvalue weighted by atomic mass is 19.1. The van der Waals surface area contributed by atoms with Gasteiger partial charge in [0.2, 0.25) is 0 Å². The Morgan fingerprint density at radius 3 is 2.65 bits per heavy atom. The van der Waals surface area contributed by atoms with Crippen LogP contribution in [0, 0.1) is 5.82 Å². The van der Waals surface area contributed by atoms with E-state index in [0.717, 1.165) is 0 Å². The van der Waals surface area contributed by atoms with Gasteiger partial charge in [0.1, 0.15) is 17.3 Å². The van der Waals surface area contributed by atoms with Gasteiger partial charge < -0.3 is 19.9 Å². The molecule has 0 aliphatic rings. The van der Waals surface area contributed by atoms with E-state index in [1.54, 1.807) is 24.3 Å². The van der Waals surface area contributed by atoms with E-state index in [0.29, 0.717) is 22.6 Å². The van der Waals surface area contributed by atoms with E-state index < -0.39 is 17.8 Å². The number of ether oxygens (including phenoxy) is 2. The molecule has 5 nitrogen and oxygen atoms in total. The Morgan fingerprint density at radius 1 is 1.22 bits per heavy atom. The van der Waals surface area contributed by atoms with Crippen molar-refractivity contribution in [2.75, 3.05) is 20.8 Å². The fourth-order valence-electron chi connectivity index (χ4n) is 2.11. The van der Waals surface area contributed by atoms with Crippen LogP contribution in [0.4, 0.5) is 4.39 Å². The Bertz CT molecular complexity index is 690. The van der Waals surface area contributed by atoms with Crippen molar-refractivity contribution in [3.8, 4) is 11.5 Å². The summed E-state index contributed by atoms with van der Waals surface area (Å²) in [5.41, 5.74) is 0.682. The molecule has 2 aromatic rings. The van der Waals surface area contributed by atoms with Gasteiger partial charge in [0.15, 0.2) is 0 Å². The maximum atomic E-state index is 13.1. The number of hydrogen-bond donors (Lipinski definition) is 2. The number of amides is 1. The molecular formula is C17H18FNO4. The van der Waals surface area contributed by atoms with Crippen molar-refractivity contribution in [2.24, 2.45) is 0 Å². The number of carbonyl (C=O) groups is 1. The summed E-state index contributed by atoms with van der Waals surface area (Å²) in [7, 11) is 2.96. The molecule has 23 heavy (non-hydrogen) atoms. The second-order valence-corrected chi connectivity index (χ2v) is 4.85.